The van der Waals surface area contributed by atoms with Crippen LogP contribution < -0.4 is 11.1 Å². The molecule has 0 saturated carbocycles. The van der Waals surface area contributed by atoms with Gasteiger partial charge in [0.25, 0.3) is 0 Å². The number of rotatable bonds is 3. The average molecular weight is 274 g/mol. The molecule has 0 aliphatic carbocycles. The lowest BCUT2D eigenvalue weighted by Crippen LogP contribution is -2.08. The molecular formula is C14H12ClN3O. The predicted octanol–water partition coefficient (Wildman–Crippen LogP) is 2.97. The van der Waals surface area contributed by atoms with E-state index in [0.29, 0.717) is 11.4 Å². The molecule has 1 amide bonds. The molecule has 0 aliphatic heterocycles. The van der Waals surface area contributed by atoms with Gasteiger partial charge >= 0.3 is 0 Å². The van der Waals surface area contributed by atoms with E-state index >= 15 is 0 Å². The Hall–Kier alpha value is -2.33. The molecule has 2 rings (SSSR count). The quantitative estimate of drug-likeness (QED) is 0.513. The van der Waals surface area contributed by atoms with Crippen molar-refractivity contribution in [3.05, 3.63) is 59.4 Å². The van der Waals surface area contributed by atoms with Gasteiger partial charge in [-0.05, 0) is 35.9 Å². The zero-order valence-corrected chi connectivity index (χ0v) is 10.8. The molecule has 0 fully saturated rings. The first kappa shape index (κ1) is 13.1. The van der Waals surface area contributed by atoms with Crippen LogP contribution in [0.5, 0.6) is 0 Å². The molecule has 0 unspecified atom stereocenters. The molecule has 3 N–H and O–H groups in total. The third kappa shape index (κ3) is 3.82. The van der Waals surface area contributed by atoms with Crippen molar-refractivity contribution in [2.75, 3.05) is 11.1 Å². The van der Waals surface area contributed by atoms with Gasteiger partial charge in [0.05, 0.1) is 5.69 Å². The van der Waals surface area contributed by atoms with E-state index in [1.54, 1.807) is 36.5 Å². The molecule has 0 saturated heterocycles. The Morgan fingerprint density at radius 3 is 2.89 bits per heavy atom. The number of benzene rings is 1. The van der Waals surface area contributed by atoms with Crippen molar-refractivity contribution in [2.24, 2.45) is 0 Å². The van der Waals surface area contributed by atoms with Crippen molar-refractivity contribution in [3.63, 3.8) is 0 Å². The van der Waals surface area contributed by atoms with Crippen molar-refractivity contribution in [2.45, 2.75) is 0 Å². The maximum Gasteiger partial charge on any atom is 0.248 e. The van der Waals surface area contributed by atoms with Gasteiger partial charge < -0.3 is 11.1 Å². The van der Waals surface area contributed by atoms with Crippen molar-refractivity contribution < 1.29 is 4.79 Å². The molecule has 0 spiro atoms. The molecular weight excluding hydrogens is 262 g/mol. The number of aromatic nitrogens is 1. The highest BCUT2D eigenvalue weighted by Crippen LogP contribution is 2.17. The number of amides is 1. The van der Waals surface area contributed by atoms with Crippen molar-refractivity contribution in [1.29, 1.82) is 0 Å². The minimum atomic E-state index is -0.280. The van der Waals surface area contributed by atoms with E-state index in [0.717, 1.165) is 5.56 Å². The molecule has 0 aliphatic rings. The number of hydrogen-bond acceptors (Lipinski definition) is 3. The molecule has 2 aromatic rings. The minimum absolute atomic E-state index is 0.258. The molecule has 96 valence electrons. The lowest BCUT2D eigenvalue weighted by Gasteiger charge is -2.02. The van der Waals surface area contributed by atoms with E-state index < -0.39 is 0 Å². The van der Waals surface area contributed by atoms with Crippen LogP contribution in [0.1, 0.15) is 5.56 Å². The standard InChI is InChI=1S/C14H12ClN3O/c15-14-12(5-2-8-17-14)18-13(19)7-6-10-3-1-4-11(16)9-10/h1-9H,16H2,(H,18,19)/b7-6+. The number of nitrogens with zero attached hydrogens (tertiary/aromatic N) is 1. The summed E-state index contributed by atoms with van der Waals surface area (Å²) < 4.78 is 0. The van der Waals surface area contributed by atoms with Gasteiger partial charge in [0.2, 0.25) is 5.91 Å². The third-order valence-electron chi connectivity index (χ3n) is 2.35. The first-order chi connectivity index (χ1) is 9.15. The molecule has 19 heavy (non-hydrogen) atoms. The number of pyridine rings is 1. The maximum absolute atomic E-state index is 11.7. The van der Waals surface area contributed by atoms with Gasteiger partial charge in [0.15, 0.2) is 5.15 Å². The highest BCUT2D eigenvalue weighted by molar-refractivity contribution is 6.32. The second-order valence-corrected chi connectivity index (χ2v) is 4.19. The van der Waals surface area contributed by atoms with E-state index in [-0.39, 0.29) is 11.1 Å². The lowest BCUT2D eigenvalue weighted by molar-refractivity contribution is -0.111. The van der Waals surface area contributed by atoms with Gasteiger partial charge in [-0.15, -0.1) is 0 Å². The molecule has 5 heteroatoms. The van der Waals surface area contributed by atoms with E-state index in [1.165, 1.54) is 6.08 Å². The Morgan fingerprint density at radius 2 is 2.16 bits per heavy atom. The minimum Gasteiger partial charge on any atom is -0.399 e. The first-order valence-corrected chi connectivity index (χ1v) is 5.98. The fraction of sp³-hybridized carbons (Fsp3) is 0. The molecule has 0 atom stereocenters. The van der Waals surface area contributed by atoms with Crippen LogP contribution in [-0.2, 0) is 4.79 Å². The molecule has 4 nitrogen and oxygen atoms in total. The van der Waals surface area contributed by atoms with E-state index in [9.17, 15) is 4.79 Å². The molecule has 1 heterocycles. The van der Waals surface area contributed by atoms with Crippen molar-refractivity contribution >= 4 is 35.0 Å². The summed E-state index contributed by atoms with van der Waals surface area (Å²) >= 11 is 5.84. The van der Waals surface area contributed by atoms with E-state index in [2.05, 4.69) is 10.3 Å². The van der Waals surface area contributed by atoms with Gasteiger partial charge in [-0.1, -0.05) is 23.7 Å². The zero-order chi connectivity index (χ0) is 13.7. The normalized spacial score (nSPS) is 10.6. The number of halogens is 1. The highest BCUT2D eigenvalue weighted by atomic mass is 35.5. The molecule has 0 bridgehead atoms. The van der Waals surface area contributed by atoms with Crippen LogP contribution >= 0.6 is 11.6 Å². The average Bonchev–Trinajstić information content (AvgIpc) is 2.39. The molecule has 0 radical (unpaired) electrons. The van der Waals surface area contributed by atoms with Gasteiger partial charge in [0.1, 0.15) is 0 Å². The van der Waals surface area contributed by atoms with Crippen molar-refractivity contribution in [3.8, 4) is 0 Å². The van der Waals surface area contributed by atoms with Gasteiger partial charge in [0, 0.05) is 18.0 Å². The van der Waals surface area contributed by atoms with Crippen LogP contribution in [0.2, 0.25) is 5.15 Å². The summed E-state index contributed by atoms with van der Waals surface area (Å²) in [5.74, 6) is -0.280. The number of anilines is 2. The van der Waals surface area contributed by atoms with Crippen LogP contribution in [0.3, 0.4) is 0 Å². The van der Waals surface area contributed by atoms with Crippen LogP contribution in [0, 0.1) is 0 Å². The summed E-state index contributed by atoms with van der Waals surface area (Å²) in [6.45, 7) is 0. The summed E-state index contributed by atoms with van der Waals surface area (Å²) in [7, 11) is 0. The Labute approximate surface area is 115 Å². The first-order valence-electron chi connectivity index (χ1n) is 5.60. The summed E-state index contributed by atoms with van der Waals surface area (Å²) in [5.41, 5.74) is 7.63. The summed E-state index contributed by atoms with van der Waals surface area (Å²) in [4.78, 5) is 15.6. The monoisotopic (exact) mass is 273 g/mol. The van der Waals surface area contributed by atoms with Crippen LogP contribution in [0.4, 0.5) is 11.4 Å². The van der Waals surface area contributed by atoms with Gasteiger partial charge in [-0.25, -0.2) is 4.98 Å². The van der Waals surface area contributed by atoms with Gasteiger partial charge in [-0.2, -0.15) is 0 Å². The summed E-state index contributed by atoms with van der Waals surface area (Å²) in [6, 6.07) is 10.6. The maximum atomic E-state index is 11.7. The molecule has 1 aromatic carbocycles. The fourth-order valence-corrected chi connectivity index (χ4v) is 1.65. The number of nitrogens with two attached hydrogens (primary N) is 1. The van der Waals surface area contributed by atoms with Crippen LogP contribution in [-0.4, -0.2) is 10.9 Å². The predicted molar refractivity (Wildman–Crippen MR) is 77.8 cm³/mol. The number of nitrogen functional groups attached to an aromatic ring is 1. The number of carbonyl (C=O) groups excluding carboxylic acids is 1. The zero-order valence-electron chi connectivity index (χ0n) is 10.0. The molecule has 1 aromatic heterocycles. The smallest absolute Gasteiger partial charge is 0.248 e. The second-order valence-electron chi connectivity index (χ2n) is 3.83. The van der Waals surface area contributed by atoms with Crippen molar-refractivity contribution in [1.82, 2.24) is 4.98 Å². The summed E-state index contributed by atoms with van der Waals surface area (Å²) in [5, 5.41) is 2.90. The van der Waals surface area contributed by atoms with Crippen LogP contribution in [0.25, 0.3) is 6.08 Å². The summed E-state index contributed by atoms with van der Waals surface area (Å²) in [6.07, 6.45) is 4.65. The number of carbonyl (C=O) groups is 1. The Kier molecular flexibility index (Phi) is 4.15. The van der Waals surface area contributed by atoms with Gasteiger partial charge in [-0.3, -0.25) is 4.79 Å². The number of hydrogen-bond donors (Lipinski definition) is 2. The third-order valence-corrected chi connectivity index (χ3v) is 2.66. The number of nitrogens with one attached hydrogen (secondary N) is 1. The Morgan fingerprint density at radius 1 is 1.32 bits per heavy atom. The van der Waals surface area contributed by atoms with E-state index in [1.807, 2.05) is 12.1 Å². The van der Waals surface area contributed by atoms with E-state index in [4.69, 9.17) is 17.3 Å². The Balaban J connectivity index is 2.04. The second kappa shape index (κ2) is 6.02. The SMILES string of the molecule is Nc1cccc(/C=C/C(=O)Nc2cccnc2Cl)c1. The largest absolute Gasteiger partial charge is 0.399 e. The fourth-order valence-electron chi connectivity index (χ4n) is 1.49. The van der Waals surface area contributed by atoms with Crippen LogP contribution in [0.15, 0.2) is 48.7 Å². The lowest BCUT2D eigenvalue weighted by atomic mass is 10.2. The topological polar surface area (TPSA) is 68.0 Å². The Bertz CT molecular complexity index is 626. The highest BCUT2D eigenvalue weighted by Gasteiger charge is 2.02.